The summed E-state index contributed by atoms with van der Waals surface area (Å²) >= 11 is 0. The predicted octanol–water partition coefficient (Wildman–Crippen LogP) is 5.95. The molecule has 0 aliphatic rings. The molecule has 0 saturated heterocycles. The molecule has 0 spiro atoms. The Kier molecular flexibility index (Phi) is 12.0. The average Bonchev–Trinajstić information content (AvgIpc) is 2.63. The van der Waals surface area contributed by atoms with Crippen LogP contribution < -0.4 is 0 Å². The van der Waals surface area contributed by atoms with Crippen molar-refractivity contribution in [3.8, 4) is 0 Å². The molecule has 1 atom stereocenters. The fourth-order valence-corrected chi connectivity index (χ4v) is 2.97. The average molecular weight is 349 g/mol. The van der Waals surface area contributed by atoms with Crippen LogP contribution in [0.4, 0.5) is 0 Å². The standard InChI is InChI=1S/C22H36O3/c1-4-6-8-9-10-11-16-21(18-24-3)25-22(23)20-15-12-14-19(17-20)13-7-5-2/h12,14-15,17,21H,4-11,13,16,18H2,1-3H3. The van der Waals surface area contributed by atoms with Gasteiger partial charge < -0.3 is 9.47 Å². The Morgan fingerprint density at radius 2 is 1.72 bits per heavy atom. The first-order chi connectivity index (χ1) is 12.2. The molecule has 0 aromatic heterocycles. The van der Waals surface area contributed by atoms with Gasteiger partial charge in [-0.25, -0.2) is 4.79 Å². The Morgan fingerprint density at radius 3 is 2.44 bits per heavy atom. The molecule has 142 valence electrons. The molecule has 0 heterocycles. The molecule has 1 aromatic rings. The van der Waals surface area contributed by atoms with Crippen LogP contribution in [-0.4, -0.2) is 25.8 Å². The maximum atomic E-state index is 12.5. The monoisotopic (exact) mass is 348 g/mol. The van der Waals surface area contributed by atoms with E-state index >= 15 is 0 Å². The molecule has 0 amide bonds. The summed E-state index contributed by atoms with van der Waals surface area (Å²) in [6.45, 7) is 4.87. The number of hydrogen-bond donors (Lipinski definition) is 0. The van der Waals surface area contributed by atoms with Crippen LogP contribution in [0.5, 0.6) is 0 Å². The molecule has 0 radical (unpaired) electrons. The molecular formula is C22H36O3. The molecule has 3 heteroatoms. The Balaban J connectivity index is 2.46. The lowest BCUT2D eigenvalue weighted by Crippen LogP contribution is -2.23. The summed E-state index contributed by atoms with van der Waals surface area (Å²) < 4.78 is 10.9. The molecule has 1 aromatic carbocycles. The van der Waals surface area contributed by atoms with Gasteiger partial charge in [-0.05, 0) is 43.4 Å². The number of esters is 1. The molecule has 1 rings (SSSR count). The molecule has 0 N–H and O–H groups in total. The summed E-state index contributed by atoms with van der Waals surface area (Å²) in [7, 11) is 1.66. The normalized spacial score (nSPS) is 12.1. The van der Waals surface area contributed by atoms with E-state index in [9.17, 15) is 4.79 Å². The lowest BCUT2D eigenvalue weighted by Gasteiger charge is -2.17. The van der Waals surface area contributed by atoms with Crippen molar-refractivity contribution < 1.29 is 14.3 Å². The highest BCUT2D eigenvalue weighted by atomic mass is 16.6. The Labute approximate surface area is 154 Å². The maximum Gasteiger partial charge on any atom is 0.338 e. The Hall–Kier alpha value is -1.35. The van der Waals surface area contributed by atoms with E-state index in [1.807, 2.05) is 18.2 Å². The van der Waals surface area contributed by atoms with E-state index in [1.54, 1.807) is 7.11 Å². The molecule has 0 aliphatic carbocycles. The van der Waals surface area contributed by atoms with E-state index in [1.165, 1.54) is 37.7 Å². The lowest BCUT2D eigenvalue weighted by molar-refractivity contribution is 0.00236. The lowest BCUT2D eigenvalue weighted by atomic mass is 10.1. The summed E-state index contributed by atoms with van der Waals surface area (Å²) in [4.78, 5) is 12.5. The van der Waals surface area contributed by atoms with Crippen LogP contribution in [0.3, 0.4) is 0 Å². The van der Waals surface area contributed by atoms with Crippen molar-refractivity contribution in [1.29, 1.82) is 0 Å². The van der Waals surface area contributed by atoms with Crippen LogP contribution in [-0.2, 0) is 15.9 Å². The number of rotatable bonds is 14. The fourth-order valence-electron chi connectivity index (χ4n) is 2.97. The number of hydrogen-bond acceptors (Lipinski definition) is 3. The van der Waals surface area contributed by atoms with Crippen LogP contribution in [0.1, 0.15) is 87.6 Å². The van der Waals surface area contributed by atoms with Crippen molar-refractivity contribution in [3.05, 3.63) is 35.4 Å². The van der Waals surface area contributed by atoms with E-state index in [4.69, 9.17) is 9.47 Å². The largest absolute Gasteiger partial charge is 0.456 e. The number of benzene rings is 1. The quantitative estimate of drug-likeness (QED) is 0.308. The highest BCUT2D eigenvalue weighted by Crippen LogP contribution is 2.14. The Morgan fingerprint density at radius 1 is 1.00 bits per heavy atom. The van der Waals surface area contributed by atoms with E-state index in [-0.39, 0.29) is 12.1 Å². The Bertz CT molecular complexity index is 470. The van der Waals surface area contributed by atoms with Crippen LogP contribution in [0.25, 0.3) is 0 Å². The van der Waals surface area contributed by atoms with Crippen molar-refractivity contribution in [2.24, 2.45) is 0 Å². The smallest absolute Gasteiger partial charge is 0.338 e. The van der Waals surface area contributed by atoms with Gasteiger partial charge in [0, 0.05) is 7.11 Å². The van der Waals surface area contributed by atoms with Gasteiger partial charge in [-0.3, -0.25) is 0 Å². The van der Waals surface area contributed by atoms with Gasteiger partial charge in [-0.1, -0.05) is 64.5 Å². The van der Waals surface area contributed by atoms with E-state index in [0.29, 0.717) is 12.2 Å². The highest BCUT2D eigenvalue weighted by Gasteiger charge is 2.16. The van der Waals surface area contributed by atoms with Gasteiger partial charge in [0.15, 0.2) is 0 Å². The maximum absolute atomic E-state index is 12.5. The number of ether oxygens (including phenoxy) is 2. The van der Waals surface area contributed by atoms with Crippen LogP contribution >= 0.6 is 0 Å². The zero-order chi connectivity index (χ0) is 18.3. The second-order valence-corrected chi connectivity index (χ2v) is 6.84. The van der Waals surface area contributed by atoms with Crippen molar-refractivity contribution >= 4 is 5.97 Å². The molecule has 0 aliphatic heterocycles. The van der Waals surface area contributed by atoms with Crippen molar-refractivity contribution in [2.45, 2.75) is 84.2 Å². The zero-order valence-corrected chi connectivity index (χ0v) is 16.4. The van der Waals surface area contributed by atoms with Gasteiger partial charge in [-0.15, -0.1) is 0 Å². The van der Waals surface area contributed by atoms with Gasteiger partial charge in [0.2, 0.25) is 0 Å². The molecule has 0 bridgehead atoms. The molecule has 0 fully saturated rings. The second-order valence-electron chi connectivity index (χ2n) is 6.84. The van der Waals surface area contributed by atoms with Crippen molar-refractivity contribution in [1.82, 2.24) is 0 Å². The second kappa shape index (κ2) is 13.9. The summed E-state index contributed by atoms with van der Waals surface area (Å²) in [6, 6.07) is 7.83. The van der Waals surface area contributed by atoms with Gasteiger partial charge in [-0.2, -0.15) is 0 Å². The first-order valence-corrected chi connectivity index (χ1v) is 10.00. The van der Waals surface area contributed by atoms with E-state index in [2.05, 4.69) is 19.9 Å². The van der Waals surface area contributed by atoms with Crippen molar-refractivity contribution in [2.75, 3.05) is 13.7 Å². The first kappa shape index (κ1) is 21.7. The number of unbranched alkanes of at least 4 members (excludes halogenated alkanes) is 6. The van der Waals surface area contributed by atoms with Gasteiger partial charge >= 0.3 is 5.97 Å². The molecule has 0 saturated carbocycles. The number of carbonyl (C=O) groups is 1. The summed E-state index contributed by atoms with van der Waals surface area (Å²) in [5.41, 5.74) is 1.85. The van der Waals surface area contributed by atoms with E-state index < -0.39 is 0 Å². The summed E-state index contributed by atoms with van der Waals surface area (Å²) in [6.07, 6.45) is 11.5. The van der Waals surface area contributed by atoms with Crippen LogP contribution in [0.15, 0.2) is 24.3 Å². The first-order valence-electron chi connectivity index (χ1n) is 10.00. The molecular weight excluding hydrogens is 312 g/mol. The van der Waals surface area contributed by atoms with Gasteiger partial charge in [0.1, 0.15) is 6.10 Å². The van der Waals surface area contributed by atoms with Gasteiger partial charge in [0.25, 0.3) is 0 Å². The van der Waals surface area contributed by atoms with E-state index in [0.717, 1.165) is 32.1 Å². The topological polar surface area (TPSA) is 35.5 Å². The minimum Gasteiger partial charge on any atom is -0.456 e. The fraction of sp³-hybridized carbons (Fsp3) is 0.682. The molecule has 3 nitrogen and oxygen atoms in total. The number of carbonyl (C=O) groups excluding carboxylic acids is 1. The minimum absolute atomic E-state index is 0.150. The third kappa shape index (κ3) is 9.64. The SMILES string of the molecule is CCCCCCCCC(COC)OC(=O)c1cccc(CCCC)c1. The third-order valence-corrected chi connectivity index (χ3v) is 4.49. The van der Waals surface area contributed by atoms with Crippen LogP contribution in [0.2, 0.25) is 0 Å². The number of methoxy groups -OCH3 is 1. The predicted molar refractivity (Wildman–Crippen MR) is 104 cm³/mol. The summed E-state index contributed by atoms with van der Waals surface area (Å²) in [5.74, 6) is -0.230. The van der Waals surface area contributed by atoms with Gasteiger partial charge in [0.05, 0.1) is 12.2 Å². The third-order valence-electron chi connectivity index (χ3n) is 4.49. The highest BCUT2D eigenvalue weighted by molar-refractivity contribution is 5.89. The summed E-state index contributed by atoms with van der Waals surface area (Å²) in [5, 5.41) is 0. The zero-order valence-electron chi connectivity index (χ0n) is 16.4. The van der Waals surface area contributed by atoms with Crippen molar-refractivity contribution in [3.63, 3.8) is 0 Å². The number of aryl methyl sites for hydroxylation is 1. The van der Waals surface area contributed by atoms with Crippen LogP contribution in [0, 0.1) is 0 Å². The minimum atomic E-state index is -0.230. The molecule has 25 heavy (non-hydrogen) atoms. The molecule has 1 unspecified atom stereocenters.